The van der Waals surface area contributed by atoms with Gasteiger partial charge in [0.25, 0.3) is 0 Å². The second kappa shape index (κ2) is 13.0. The fourth-order valence-corrected chi connectivity index (χ4v) is 7.38. The lowest BCUT2D eigenvalue weighted by Crippen LogP contribution is -2.11. The summed E-state index contributed by atoms with van der Waals surface area (Å²) >= 11 is 0. The first-order valence-corrected chi connectivity index (χ1v) is 17.5. The third kappa shape index (κ3) is 5.67. The van der Waals surface area contributed by atoms with Crippen LogP contribution in [0.3, 0.4) is 0 Å². The summed E-state index contributed by atoms with van der Waals surface area (Å²) in [5, 5.41) is 2.52. The van der Waals surface area contributed by atoms with Crippen LogP contribution in [0.15, 0.2) is 200 Å². The Morgan fingerprint density at radius 2 is 0.882 bits per heavy atom. The average Bonchev–Trinajstić information content (AvgIpc) is 3.53. The molecule has 0 N–H and O–H groups in total. The molecule has 2 heteroatoms. The number of hydrogen-bond donors (Lipinski definition) is 0. The normalized spacial score (nSPS) is 11.2. The summed E-state index contributed by atoms with van der Waals surface area (Å²) in [5.41, 5.74) is 15.3. The molecule has 0 saturated carbocycles. The van der Waals surface area contributed by atoms with E-state index >= 15 is 0 Å². The molecule has 0 amide bonds. The van der Waals surface area contributed by atoms with Crippen LogP contribution in [-0.4, -0.2) is 4.57 Å². The smallest absolute Gasteiger partial charge is 0.0547 e. The quantitative estimate of drug-likeness (QED) is 0.166. The number of anilines is 3. The predicted octanol–water partition coefficient (Wildman–Crippen LogP) is 13.6. The molecule has 0 radical (unpaired) electrons. The molecule has 0 saturated heterocycles. The van der Waals surface area contributed by atoms with E-state index in [-0.39, 0.29) is 0 Å². The number of fused-ring (bicyclic) bond motifs is 3. The van der Waals surface area contributed by atoms with Crippen LogP contribution in [0.25, 0.3) is 60.9 Å². The van der Waals surface area contributed by atoms with Gasteiger partial charge in [0.05, 0.1) is 11.0 Å². The van der Waals surface area contributed by atoms with Gasteiger partial charge in [0.15, 0.2) is 0 Å². The monoisotopic (exact) mass is 652 g/mol. The van der Waals surface area contributed by atoms with E-state index in [0.29, 0.717) is 0 Å². The Labute approximate surface area is 299 Å². The van der Waals surface area contributed by atoms with Crippen molar-refractivity contribution in [3.63, 3.8) is 0 Å². The van der Waals surface area contributed by atoms with Crippen LogP contribution >= 0.6 is 0 Å². The van der Waals surface area contributed by atoms with Crippen molar-refractivity contribution in [2.75, 3.05) is 4.90 Å². The predicted molar refractivity (Wildman–Crippen MR) is 217 cm³/mol. The zero-order chi connectivity index (χ0) is 34.1. The van der Waals surface area contributed by atoms with Crippen molar-refractivity contribution < 1.29 is 0 Å². The average molecular weight is 653 g/mol. The van der Waals surface area contributed by atoms with Gasteiger partial charge >= 0.3 is 0 Å². The Kier molecular flexibility index (Phi) is 7.75. The van der Waals surface area contributed by atoms with Gasteiger partial charge in [0.2, 0.25) is 0 Å². The Morgan fingerprint density at radius 1 is 0.353 bits per heavy atom. The molecule has 0 aliphatic rings. The second-order valence-electron chi connectivity index (χ2n) is 13.1. The highest BCUT2D eigenvalue weighted by Crippen LogP contribution is 2.42. The van der Waals surface area contributed by atoms with E-state index in [1.54, 1.807) is 0 Å². The van der Waals surface area contributed by atoms with Gasteiger partial charge < -0.3 is 9.47 Å². The molecule has 0 bridgehead atoms. The minimum Gasteiger partial charge on any atom is -0.310 e. The Morgan fingerprint density at radius 3 is 1.55 bits per heavy atom. The summed E-state index contributed by atoms with van der Waals surface area (Å²) in [7, 11) is 0. The minimum absolute atomic E-state index is 1.11. The summed E-state index contributed by atoms with van der Waals surface area (Å²) in [6.45, 7) is 2.19. The number of benzene rings is 8. The molecule has 242 valence electrons. The fraction of sp³-hybridized carbons (Fsp3) is 0.0204. The van der Waals surface area contributed by atoms with Crippen LogP contribution in [0.1, 0.15) is 5.56 Å². The highest BCUT2D eigenvalue weighted by Gasteiger charge is 2.18. The van der Waals surface area contributed by atoms with Crippen molar-refractivity contribution >= 4 is 38.9 Å². The molecule has 0 aliphatic carbocycles. The van der Waals surface area contributed by atoms with Crippen molar-refractivity contribution in [1.29, 1.82) is 0 Å². The van der Waals surface area contributed by atoms with Gasteiger partial charge in [0, 0.05) is 33.5 Å². The van der Waals surface area contributed by atoms with Crippen LogP contribution in [0.2, 0.25) is 0 Å². The highest BCUT2D eigenvalue weighted by atomic mass is 15.1. The summed E-state index contributed by atoms with van der Waals surface area (Å²) in [4.78, 5) is 2.40. The standard InChI is InChI=1S/C49H36N2/c1-35-15-11-13-23-47(35)50(44-32-40(36-16-5-2-6-17-36)31-41(33-44)37-18-7-3-8-19-37)43-28-25-38(26-29-43)39-27-30-46-45-22-12-14-24-48(45)51(49(46)34-39)42-20-9-4-10-21-42/h2-34H,1H3. The zero-order valence-corrected chi connectivity index (χ0v) is 28.4. The SMILES string of the molecule is Cc1ccccc1N(c1ccc(-c2ccc3c4ccccc4n(-c4ccccc4)c3c2)cc1)c1cc(-c2ccccc2)cc(-c2ccccc2)c1. The van der Waals surface area contributed by atoms with Crippen LogP contribution < -0.4 is 4.90 Å². The first-order valence-electron chi connectivity index (χ1n) is 17.5. The van der Waals surface area contributed by atoms with E-state index < -0.39 is 0 Å². The highest BCUT2D eigenvalue weighted by molar-refractivity contribution is 6.10. The van der Waals surface area contributed by atoms with Crippen LogP contribution in [0.5, 0.6) is 0 Å². The largest absolute Gasteiger partial charge is 0.310 e. The van der Waals surface area contributed by atoms with Crippen molar-refractivity contribution in [2.24, 2.45) is 0 Å². The maximum absolute atomic E-state index is 2.40. The van der Waals surface area contributed by atoms with Gasteiger partial charge in [-0.3, -0.25) is 0 Å². The van der Waals surface area contributed by atoms with Crippen molar-refractivity contribution in [1.82, 2.24) is 4.57 Å². The van der Waals surface area contributed by atoms with Gasteiger partial charge in [-0.15, -0.1) is 0 Å². The zero-order valence-electron chi connectivity index (χ0n) is 28.4. The molecular weight excluding hydrogens is 617 g/mol. The molecule has 51 heavy (non-hydrogen) atoms. The molecule has 1 aromatic heterocycles. The van der Waals surface area contributed by atoms with E-state index in [9.17, 15) is 0 Å². The molecule has 9 rings (SSSR count). The van der Waals surface area contributed by atoms with Gasteiger partial charge in [0.1, 0.15) is 0 Å². The summed E-state index contributed by atoms with van der Waals surface area (Å²) in [6.07, 6.45) is 0. The molecule has 9 aromatic rings. The van der Waals surface area contributed by atoms with E-state index in [4.69, 9.17) is 0 Å². The third-order valence-electron chi connectivity index (χ3n) is 9.89. The molecular formula is C49H36N2. The molecule has 0 spiro atoms. The van der Waals surface area contributed by atoms with Crippen LogP contribution in [-0.2, 0) is 0 Å². The van der Waals surface area contributed by atoms with Crippen molar-refractivity contribution in [2.45, 2.75) is 6.92 Å². The fourth-order valence-electron chi connectivity index (χ4n) is 7.38. The molecule has 8 aromatic carbocycles. The molecule has 0 atom stereocenters. The summed E-state index contributed by atoms with van der Waals surface area (Å²) in [6, 6.07) is 72.2. The van der Waals surface area contributed by atoms with Gasteiger partial charge in [-0.2, -0.15) is 0 Å². The number of hydrogen-bond acceptors (Lipinski definition) is 1. The number of rotatable bonds is 7. The lowest BCUT2D eigenvalue weighted by atomic mass is 9.97. The molecule has 0 unspecified atom stereocenters. The van der Waals surface area contributed by atoms with Crippen molar-refractivity contribution in [3.8, 4) is 39.1 Å². The Bertz CT molecular complexity index is 2560. The molecule has 1 heterocycles. The lowest BCUT2D eigenvalue weighted by molar-refractivity contribution is 1.18. The van der Waals surface area contributed by atoms with Gasteiger partial charge in [-0.25, -0.2) is 0 Å². The lowest BCUT2D eigenvalue weighted by Gasteiger charge is -2.28. The first-order chi connectivity index (χ1) is 25.2. The Balaban J connectivity index is 1.18. The summed E-state index contributed by atoms with van der Waals surface area (Å²) < 4.78 is 2.38. The number of aryl methyl sites for hydroxylation is 1. The van der Waals surface area contributed by atoms with E-state index in [2.05, 4.69) is 217 Å². The maximum Gasteiger partial charge on any atom is 0.0547 e. The maximum atomic E-state index is 2.40. The van der Waals surface area contributed by atoms with Crippen LogP contribution in [0.4, 0.5) is 17.1 Å². The number of nitrogens with zero attached hydrogens (tertiary/aromatic N) is 2. The van der Waals surface area contributed by atoms with Gasteiger partial charge in [-0.05, 0) is 107 Å². The molecule has 0 aliphatic heterocycles. The van der Waals surface area contributed by atoms with Gasteiger partial charge in [-0.1, -0.05) is 140 Å². The molecule has 2 nitrogen and oxygen atoms in total. The van der Waals surface area contributed by atoms with E-state index in [1.165, 1.54) is 60.8 Å². The molecule has 0 fully saturated rings. The van der Waals surface area contributed by atoms with Crippen molar-refractivity contribution in [3.05, 3.63) is 206 Å². The van der Waals surface area contributed by atoms with E-state index in [0.717, 1.165) is 22.7 Å². The Hall–Kier alpha value is -6.64. The topological polar surface area (TPSA) is 8.17 Å². The summed E-state index contributed by atoms with van der Waals surface area (Å²) in [5.74, 6) is 0. The van der Waals surface area contributed by atoms with E-state index in [1.807, 2.05) is 0 Å². The minimum atomic E-state index is 1.11. The number of aromatic nitrogens is 1. The third-order valence-corrected chi connectivity index (χ3v) is 9.89. The number of para-hydroxylation sites is 3. The first kappa shape index (κ1) is 30.4. The second-order valence-corrected chi connectivity index (χ2v) is 13.1. The van der Waals surface area contributed by atoms with Crippen LogP contribution in [0, 0.1) is 6.92 Å².